The van der Waals surface area contributed by atoms with Gasteiger partial charge >= 0.3 is 0 Å². The van der Waals surface area contributed by atoms with Crippen molar-refractivity contribution in [3.05, 3.63) is 35.4 Å². The molecule has 0 aliphatic carbocycles. The average Bonchev–Trinajstić information content (AvgIpc) is 2.28. The Bertz CT molecular complexity index is 515. The van der Waals surface area contributed by atoms with Crippen molar-refractivity contribution in [1.29, 1.82) is 0 Å². The molecule has 1 N–H and O–H groups in total. The lowest BCUT2D eigenvalue weighted by Crippen LogP contribution is -1.95. The van der Waals surface area contributed by atoms with Gasteiger partial charge in [0.05, 0.1) is 5.52 Å². The van der Waals surface area contributed by atoms with Gasteiger partial charge in [-0.15, -0.1) is 0 Å². The van der Waals surface area contributed by atoms with E-state index in [1.165, 1.54) is 16.5 Å². The predicted molar refractivity (Wildman–Crippen MR) is 70.1 cm³/mol. The largest absolute Gasteiger partial charge is 0.373 e. The van der Waals surface area contributed by atoms with Crippen LogP contribution < -0.4 is 5.32 Å². The summed E-state index contributed by atoms with van der Waals surface area (Å²) in [4.78, 5) is 4.54. The molecule has 16 heavy (non-hydrogen) atoms. The Balaban J connectivity index is 2.65. The molecule has 0 saturated carbocycles. The zero-order valence-corrected chi connectivity index (χ0v) is 10.3. The summed E-state index contributed by atoms with van der Waals surface area (Å²) in [6.07, 6.45) is 0. The zero-order valence-electron chi connectivity index (χ0n) is 10.3. The molecule has 2 heteroatoms. The molecule has 0 radical (unpaired) electrons. The molecule has 0 atom stereocenters. The fourth-order valence-corrected chi connectivity index (χ4v) is 1.90. The number of fused-ring (bicyclic) bond motifs is 1. The third-order valence-electron chi connectivity index (χ3n) is 2.96. The first kappa shape index (κ1) is 10.9. The Morgan fingerprint density at radius 2 is 1.94 bits per heavy atom. The van der Waals surface area contributed by atoms with Crippen LogP contribution in [-0.2, 0) is 0 Å². The fourth-order valence-electron chi connectivity index (χ4n) is 1.90. The normalized spacial score (nSPS) is 11.1. The Hall–Kier alpha value is -1.57. The minimum Gasteiger partial charge on any atom is -0.373 e. The van der Waals surface area contributed by atoms with Crippen LogP contribution >= 0.6 is 0 Å². The van der Waals surface area contributed by atoms with Crippen LogP contribution in [0.3, 0.4) is 0 Å². The highest BCUT2D eigenvalue weighted by Gasteiger charge is 2.05. The smallest absolute Gasteiger partial charge is 0.126 e. The van der Waals surface area contributed by atoms with E-state index in [2.05, 4.69) is 55.3 Å². The monoisotopic (exact) mass is 214 g/mol. The van der Waals surface area contributed by atoms with Crippen molar-refractivity contribution in [2.45, 2.75) is 26.7 Å². The molecule has 1 aromatic heterocycles. The molecule has 0 bridgehead atoms. The first-order chi connectivity index (χ1) is 7.61. The van der Waals surface area contributed by atoms with Crippen molar-refractivity contribution in [3.8, 4) is 0 Å². The van der Waals surface area contributed by atoms with E-state index in [4.69, 9.17) is 0 Å². The van der Waals surface area contributed by atoms with E-state index in [0.29, 0.717) is 5.92 Å². The van der Waals surface area contributed by atoms with Gasteiger partial charge in [-0.2, -0.15) is 0 Å². The number of aryl methyl sites for hydroxylation is 1. The lowest BCUT2D eigenvalue weighted by molar-refractivity contribution is 0.868. The van der Waals surface area contributed by atoms with Crippen LogP contribution in [0.25, 0.3) is 10.9 Å². The Morgan fingerprint density at radius 3 is 2.56 bits per heavy atom. The third kappa shape index (κ3) is 1.87. The second kappa shape index (κ2) is 4.12. The Kier molecular flexibility index (Phi) is 2.82. The molecule has 0 saturated heterocycles. The molecule has 0 aliphatic rings. The maximum Gasteiger partial charge on any atom is 0.126 e. The molecular weight excluding hydrogens is 196 g/mol. The third-order valence-corrected chi connectivity index (χ3v) is 2.96. The molecule has 1 aromatic carbocycles. The van der Waals surface area contributed by atoms with E-state index in [1.807, 2.05) is 7.05 Å². The number of rotatable bonds is 2. The molecule has 0 fully saturated rings. The first-order valence-electron chi connectivity index (χ1n) is 5.71. The van der Waals surface area contributed by atoms with Crippen LogP contribution in [0.2, 0.25) is 0 Å². The molecule has 2 nitrogen and oxygen atoms in total. The second-order valence-electron chi connectivity index (χ2n) is 4.51. The molecule has 2 rings (SSSR count). The minimum atomic E-state index is 0.563. The van der Waals surface area contributed by atoms with E-state index < -0.39 is 0 Å². The van der Waals surface area contributed by atoms with Gasteiger partial charge in [0, 0.05) is 12.4 Å². The Labute approximate surface area is 96.7 Å². The summed E-state index contributed by atoms with van der Waals surface area (Å²) in [7, 11) is 1.90. The summed E-state index contributed by atoms with van der Waals surface area (Å²) in [5.41, 5.74) is 3.71. The van der Waals surface area contributed by atoms with Crippen LogP contribution in [-0.4, -0.2) is 12.0 Å². The number of nitrogens with one attached hydrogen (secondary N) is 1. The maximum atomic E-state index is 4.54. The summed E-state index contributed by atoms with van der Waals surface area (Å²) >= 11 is 0. The quantitative estimate of drug-likeness (QED) is 0.824. The molecular formula is C14H18N2. The lowest BCUT2D eigenvalue weighted by atomic mass is 9.99. The molecule has 0 aliphatic heterocycles. The van der Waals surface area contributed by atoms with Crippen LogP contribution in [0, 0.1) is 6.92 Å². The average molecular weight is 214 g/mol. The second-order valence-corrected chi connectivity index (χ2v) is 4.51. The van der Waals surface area contributed by atoms with E-state index >= 15 is 0 Å². The highest BCUT2D eigenvalue weighted by atomic mass is 15.0. The summed E-state index contributed by atoms with van der Waals surface area (Å²) in [5.74, 6) is 1.50. The Morgan fingerprint density at radius 1 is 1.19 bits per heavy atom. The predicted octanol–water partition coefficient (Wildman–Crippen LogP) is 3.71. The molecule has 2 aromatic rings. The van der Waals surface area contributed by atoms with Crippen molar-refractivity contribution < 1.29 is 0 Å². The van der Waals surface area contributed by atoms with Crippen molar-refractivity contribution >= 4 is 16.7 Å². The first-order valence-corrected chi connectivity index (χ1v) is 5.71. The maximum absolute atomic E-state index is 4.54. The molecule has 84 valence electrons. The van der Waals surface area contributed by atoms with Gasteiger partial charge in [-0.1, -0.05) is 19.9 Å². The summed E-state index contributed by atoms with van der Waals surface area (Å²) in [6.45, 7) is 6.56. The van der Waals surface area contributed by atoms with Crippen LogP contribution in [0.15, 0.2) is 24.3 Å². The summed E-state index contributed by atoms with van der Waals surface area (Å²) < 4.78 is 0. The van der Waals surface area contributed by atoms with E-state index in [-0.39, 0.29) is 0 Å². The SMILES string of the molecule is CNc1cc(C)c2cc(C(C)C)ccc2n1. The molecule has 0 spiro atoms. The highest BCUT2D eigenvalue weighted by Crippen LogP contribution is 2.24. The summed E-state index contributed by atoms with van der Waals surface area (Å²) in [6, 6.07) is 8.62. The number of hydrogen-bond donors (Lipinski definition) is 1. The standard InChI is InChI=1S/C14H18N2/c1-9(2)11-5-6-13-12(8-11)10(3)7-14(15-4)16-13/h5-9H,1-4H3,(H,15,16). The topological polar surface area (TPSA) is 24.9 Å². The molecule has 1 heterocycles. The fraction of sp³-hybridized carbons (Fsp3) is 0.357. The van der Waals surface area contributed by atoms with Gasteiger partial charge in [0.2, 0.25) is 0 Å². The van der Waals surface area contributed by atoms with Crippen molar-refractivity contribution in [3.63, 3.8) is 0 Å². The number of hydrogen-bond acceptors (Lipinski definition) is 2. The van der Waals surface area contributed by atoms with Crippen molar-refractivity contribution in [2.24, 2.45) is 0 Å². The highest BCUT2D eigenvalue weighted by molar-refractivity contribution is 5.84. The number of benzene rings is 1. The summed E-state index contributed by atoms with van der Waals surface area (Å²) in [5, 5.41) is 4.34. The zero-order chi connectivity index (χ0) is 11.7. The van der Waals surface area contributed by atoms with Crippen molar-refractivity contribution in [2.75, 3.05) is 12.4 Å². The number of aromatic nitrogens is 1. The number of nitrogens with zero attached hydrogens (tertiary/aromatic N) is 1. The van der Waals surface area contributed by atoms with E-state index in [1.54, 1.807) is 0 Å². The van der Waals surface area contributed by atoms with E-state index in [9.17, 15) is 0 Å². The van der Waals surface area contributed by atoms with Gasteiger partial charge in [0.1, 0.15) is 5.82 Å². The molecule has 0 amide bonds. The number of anilines is 1. The van der Waals surface area contributed by atoms with Gasteiger partial charge in [-0.3, -0.25) is 0 Å². The van der Waals surface area contributed by atoms with Gasteiger partial charge < -0.3 is 5.32 Å². The van der Waals surface area contributed by atoms with Gasteiger partial charge in [-0.05, 0) is 42.2 Å². The van der Waals surface area contributed by atoms with Crippen LogP contribution in [0.1, 0.15) is 30.9 Å². The lowest BCUT2D eigenvalue weighted by Gasteiger charge is -2.10. The van der Waals surface area contributed by atoms with E-state index in [0.717, 1.165) is 11.3 Å². The van der Waals surface area contributed by atoms with Gasteiger partial charge in [-0.25, -0.2) is 4.98 Å². The van der Waals surface area contributed by atoms with Crippen LogP contribution in [0.5, 0.6) is 0 Å². The van der Waals surface area contributed by atoms with Gasteiger partial charge in [0.25, 0.3) is 0 Å². The molecule has 0 unspecified atom stereocenters. The van der Waals surface area contributed by atoms with Crippen molar-refractivity contribution in [1.82, 2.24) is 4.98 Å². The van der Waals surface area contributed by atoms with Crippen LogP contribution in [0.4, 0.5) is 5.82 Å². The minimum absolute atomic E-state index is 0.563. The number of pyridine rings is 1. The van der Waals surface area contributed by atoms with Gasteiger partial charge in [0.15, 0.2) is 0 Å².